The van der Waals surface area contributed by atoms with Crippen LogP contribution in [0.5, 0.6) is 5.75 Å². The molecular weight excluding hydrogens is 238 g/mol. The van der Waals surface area contributed by atoms with E-state index in [2.05, 4.69) is 37.4 Å². The maximum Gasteiger partial charge on any atom is 0.119 e. The lowest BCUT2D eigenvalue weighted by Crippen LogP contribution is -2.35. The van der Waals surface area contributed by atoms with E-state index in [0.717, 1.165) is 44.8 Å². The first-order valence-corrected chi connectivity index (χ1v) is 7.41. The molecule has 19 heavy (non-hydrogen) atoms. The third kappa shape index (κ3) is 4.22. The molecule has 1 aromatic carbocycles. The second kappa shape index (κ2) is 7.51. The molecule has 0 bridgehead atoms. The van der Waals surface area contributed by atoms with Crippen LogP contribution < -0.4 is 10.1 Å². The quantitative estimate of drug-likeness (QED) is 0.854. The Morgan fingerprint density at radius 3 is 3.05 bits per heavy atom. The minimum atomic E-state index is 0.197. The van der Waals surface area contributed by atoms with Gasteiger partial charge in [0.1, 0.15) is 5.75 Å². The summed E-state index contributed by atoms with van der Waals surface area (Å²) >= 11 is 0. The van der Waals surface area contributed by atoms with Crippen molar-refractivity contribution in [2.24, 2.45) is 0 Å². The molecule has 3 nitrogen and oxygen atoms in total. The normalized spacial score (nSPS) is 23.3. The molecule has 1 fully saturated rings. The van der Waals surface area contributed by atoms with E-state index in [-0.39, 0.29) is 6.10 Å². The third-order valence-electron chi connectivity index (χ3n) is 3.48. The predicted molar refractivity (Wildman–Crippen MR) is 77.6 cm³/mol. The topological polar surface area (TPSA) is 30.5 Å². The van der Waals surface area contributed by atoms with E-state index in [4.69, 9.17) is 9.47 Å². The number of hydrogen-bond donors (Lipinski definition) is 1. The fourth-order valence-corrected chi connectivity index (χ4v) is 2.53. The smallest absolute Gasteiger partial charge is 0.119 e. The van der Waals surface area contributed by atoms with Crippen molar-refractivity contribution in [3.05, 3.63) is 29.8 Å². The summed E-state index contributed by atoms with van der Waals surface area (Å²) < 4.78 is 11.6. The second-order valence-electron chi connectivity index (χ2n) is 5.06. The summed E-state index contributed by atoms with van der Waals surface area (Å²) in [6.07, 6.45) is 3.39. The summed E-state index contributed by atoms with van der Waals surface area (Å²) in [5, 5.41) is 3.52. The number of rotatable bonds is 6. The average molecular weight is 263 g/mol. The molecule has 1 aliphatic rings. The summed E-state index contributed by atoms with van der Waals surface area (Å²) in [4.78, 5) is 0. The number of nitrogens with one attached hydrogen (secondary N) is 1. The molecular formula is C16H25NO2. The van der Waals surface area contributed by atoms with Crippen molar-refractivity contribution < 1.29 is 9.47 Å². The van der Waals surface area contributed by atoms with E-state index >= 15 is 0 Å². The second-order valence-corrected chi connectivity index (χ2v) is 5.06. The van der Waals surface area contributed by atoms with Gasteiger partial charge < -0.3 is 14.8 Å². The predicted octanol–water partition coefficient (Wildman–Crippen LogP) is 3.31. The fourth-order valence-electron chi connectivity index (χ4n) is 2.53. The monoisotopic (exact) mass is 263 g/mol. The lowest BCUT2D eigenvalue weighted by molar-refractivity contribution is 0.000471. The molecule has 0 aromatic heterocycles. The highest BCUT2D eigenvalue weighted by atomic mass is 16.5. The summed E-state index contributed by atoms with van der Waals surface area (Å²) in [6, 6.07) is 8.90. The molecule has 0 spiro atoms. The van der Waals surface area contributed by atoms with Gasteiger partial charge in [-0.25, -0.2) is 0 Å². The zero-order valence-electron chi connectivity index (χ0n) is 12.0. The van der Waals surface area contributed by atoms with Gasteiger partial charge in [0.2, 0.25) is 0 Å². The highest BCUT2D eigenvalue weighted by molar-refractivity contribution is 5.30. The zero-order valence-corrected chi connectivity index (χ0v) is 12.0. The van der Waals surface area contributed by atoms with Gasteiger partial charge in [0.05, 0.1) is 12.7 Å². The number of benzene rings is 1. The van der Waals surface area contributed by atoms with Crippen LogP contribution in [0.2, 0.25) is 0 Å². The van der Waals surface area contributed by atoms with Gasteiger partial charge in [-0.2, -0.15) is 0 Å². The Balaban J connectivity index is 1.99. The van der Waals surface area contributed by atoms with E-state index in [1.807, 2.05) is 6.07 Å². The van der Waals surface area contributed by atoms with E-state index in [1.54, 1.807) is 0 Å². The average Bonchev–Trinajstić information content (AvgIpc) is 2.46. The highest BCUT2D eigenvalue weighted by Gasteiger charge is 2.23. The van der Waals surface area contributed by atoms with Crippen molar-refractivity contribution in [1.29, 1.82) is 0 Å². The third-order valence-corrected chi connectivity index (χ3v) is 3.48. The van der Waals surface area contributed by atoms with Crippen LogP contribution in [0.25, 0.3) is 0 Å². The van der Waals surface area contributed by atoms with Gasteiger partial charge in [0, 0.05) is 12.6 Å². The molecule has 1 aliphatic heterocycles. The Kier molecular flexibility index (Phi) is 5.67. The van der Waals surface area contributed by atoms with E-state index in [9.17, 15) is 0 Å². The van der Waals surface area contributed by atoms with Gasteiger partial charge in [0.25, 0.3) is 0 Å². The molecule has 1 heterocycles. The van der Waals surface area contributed by atoms with E-state index in [1.165, 1.54) is 5.56 Å². The van der Waals surface area contributed by atoms with Crippen LogP contribution >= 0.6 is 0 Å². The maximum atomic E-state index is 5.90. The molecule has 2 unspecified atom stereocenters. The van der Waals surface area contributed by atoms with Crippen LogP contribution in [0, 0.1) is 0 Å². The first-order valence-electron chi connectivity index (χ1n) is 7.41. The minimum absolute atomic E-state index is 0.197. The van der Waals surface area contributed by atoms with Crippen LogP contribution in [-0.4, -0.2) is 25.8 Å². The van der Waals surface area contributed by atoms with Crippen molar-refractivity contribution in [2.45, 2.75) is 45.3 Å². The maximum absolute atomic E-state index is 5.90. The Bertz CT molecular complexity index is 379. The molecule has 0 aliphatic carbocycles. The van der Waals surface area contributed by atoms with Crippen LogP contribution in [0.3, 0.4) is 0 Å². The summed E-state index contributed by atoms with van der Waals surface area (Å²) in [5.74, 6) is 0.952. The molecule has 106 valence electrons. The van der Waals surface area contributed by atoms with Gasteiger partial charge in [-0.15, -0.1) is 0 Å². The van der Waals surface area contributed by atoms with Gasteiger partial charge in [-0.05, 0) is 43.5 Å². The standard InChI is InChI=1S/C16H25NO2/c1-3-9-18-15-7-5-6-13(11-15)16-12-14(17-4-2)8-10-19-16/h5-7,11,14,16-17H,3-4,8-10,12H2,1-2H3. The Hall–Kier alpha value is -1.06. The van der Waals surface area contributed by atoms with Gasteiger partial charge >= 0.3 is 0 Å². The minimum Gasteiger partial charge on any atom is -0.494 e. The van der Waals surface area contributed by atoms with Crippen LogP contribution in [-0.2, 0) is 4.74 Å². The largest absolute Gasteiger partial charge is 0.494 e. The van der Waals surface area contributed by atoms with Crippen LogP contribution in [0.4, 0.5) is 0 Å². The van der Waals surface area contributed by atoms with Gasteiger partial charge in [-0.1, -0.05) is 26.0 Å². The van der Waals surface area contributed by atoms with Crippen molar-refractivity contribution in [1.82, 2.24) is 5.32 Å². The van der Waals surface area contributed by atoms with Gasteiger partial charge in [0.15, 0.2) is 0 Å². The van der Waals surface area contributed by atoms with Crippen molar-refractivity contribution in [3.8, 4) is 5.75 Å². The molecule has 1 N–H and O–H groups in total. The molecule has 0 amide bonds. The Morgan fingerprint density at radius 1 is 1.37 bits per heavy atom. The first-order chi connectivity index (χ1) is 9.33. The molecule has 2 rings (SSSR count). The molecule has 3 heteroatoms. The molecule has 1 aromatic rings. The number of hydrogen-bond acceptors (Lipinski definition) is 3. The Morgan fingerprint density at radius 2 is 2.26 bits per heavy atom. The molecule has 0 saturated carbocycles. The van der Waals surface area contributed by atoms with E-state index in [0.29, 0.717) is 6.04 Å². The molecule has 2 atom stereocenters. The number of ether oxygens (including phenoxy) is 2. The lowest BCUT2D eigenvalue weighted by atomic mass is 9.97. The summed E-state index contributed by atoms with van der Waals surface area (Å²) in [6.45, 7) is 6.91. The lowest BCUT2D eigenvalue weighted by Gasteiger charge is -2.30. The van der Waals surface area contributed by atoms with Gasteiger partial charge in [-0.3, -0.25) is 0 Å². The summed E-state index contributed by atoms with van der Waals surface area (Å²) in [7, 11) is 0. The molecule has 0 radical (unpaired) electrons. The first kappa shape index (κ1) is 14.4. The van der Waals surface area contributed by atoms with Crippen LogP contribution in [0.1, 0.15) is 44.8 Å². The Labute approximate surface area is 116 Å². The highest BCUT2D eigenvalue weighted by Crippen LogP contribution is 2.30. The van der Waals surface area contributed by atoms with Crippen LogP contribution in [0.15, 0.2) is 24.3 Å². The SMILES string of the molecule is CCCOc1cccc(C2CC(NCC)CCO2)c1. The zero-order chi connectivity index (χ0) is 13.5. The van der Waals surface area contributed by atoms with E-state index < -0.39 is 0 Å². The summed E-state index contributed by atoms with van der Waals surface area (Å²) in [5.41, 5.74) is 1.23. The fraction of sp³-hybridized carbons (Fsp3) is 0.625. The van der Waals surface area contributed by atoms with Crippen molar-refractivity contribution in [2.75, 3.05) is 19.8 Å². The molecule has 1 saturated heterocycles. The van der Waals surface area contributed by atoms with Crippen molar-refractivity contribution >= 4 is 0 Å². The van der Waals surface area contributed by atoms with Crippen molar-refractivity contribution in [3.63, 3.8) is 0 Å².